The van der Waals surface area contributed by atoms with Crippen LogP contribution in [0.5, 0.6) is 0 Å². The normalized spacial score (nSPS) is 20.4. The molecule has 0 heterocycles. The number of ether oxygens (including phenoxy) is 1. The molecule has 0 atom stereocenters. The van der Waals surface area contributed by atoms with Crippen molar-refractivity contribution < 1.29 is 19.1 Å². The van der Waals surface area contributed by atoms with Crippen LogP contribution in [0.1, 0.15) is 65.2 Å². The molecule has 0 unspecified atom stereocenters. The lowest BCUT2D eigenvalue weighted by Gasteiger charge is -2.27. The van der Waals surface area contributed by atoms with Crippen molar-refractivity contribution in [2.24, 2.45) is 5.92 Å². The number of carbonyl (C=O) groups excluding carboxylic acids is 3. The number of carbonyl (C=O) groups is 3. The molecule has 0 saturated heterocycles. The third kappa shape index (κ3) is 9.01. The molecule has 0 aliphatic heterocycles. The highest BCUT2D eigenvalue weighted by Crippen LogP contribution is 2.24. The molecule has 0 aromatic rings. The lowest BCUT2D eigenvalue weighted by molar-refractivity contribution is -0.123. The van der Waals surface area contributed by atoms with Crippen LogP contribution in [0.2, 0.25) is 0 Å². The van der Waals surface area contributed by atoms with Crippen LogP contribution < -0.4 is 10.6 Å². The van der Waals surface area contributed by atoms with Gasteiger partial charge in [0.1, 0.15) is 5.78 Å². The lowest BCUT2D eigenvalue weighted by atomic mass is 9.84. The standard InChI is InChI=1S/C18H32N2O4/c1-3-5-17(22)19-11-4-12-24-13-10-18(23)20-16-8-6-15(7-9-16)14(2)21/h15-16H,3-13H2,1-2H3,(H,19,22)(H,20,23). The summed E-state index contributed by atoms with van der Waals surface area (Å²) < 4.78 is 5.43. The van der Waals surface area contributed by atoms with Crippen LogP contribution in [0, 0.1) is 5.92 Å². The monoisotopic (exact) mass is 340 g/mol. The molecular formula is C18H32N2O4. The van der Waals surface area contributed by atoms with Gasteiger partial charge >= 0.3 is 0 Å². The Kier molecular flexibility index (Phi) is 10.3. The van der Waals surface area contributed by atoms with Gasteiger partial charge in [0.2, 0.25) is 11.8 Å². The summed E-state index contributed by atoms with van der Waals surface area (Å²) >= 11 is 0. The van der Waals surface area contributed by atoms with Gasteiger partial charge in [-0.3, -0.25) is 14.4 Å². The number of hydrogen-bond acceptors (Lipinski definition) is 4. The van der Waals surface area contributed by atoms with E-state index in [1.165, 1.54) is 0 Å². The summed E-state index contributed by atoms with van der Waals surface area (Å²) in [6, 6.07) is 0.196. The quantitative estimate of drug-likeness (QED) is 0.563. The van der Waals surface area contributed by atoms with E-state index in [1.807, 2.05) is 6.92 Å². The number of nitrogens with one attached hydrogen (secondary N) is 2. The second kappa shape index (κ2) is 12.0. The van der Waals surface area contributed by atoms with Gasteiger partial charge in [0.25, 0.3) is 0 Å². The average Bonchev–Trinajstić information content (AvgIpc) is 2.54. The third-order valence-corrected chi connectivity index (χ3v) is 4.41. The molecule has 1 saturated carbocycles. The third-order valence-electron chi connectivity index (χ3n) is 4.41. The average molecular weight is 340 g/mol. The molecule has 0 spiro atoms. The molecule has 6 nitrogen and oxygen atoms in total. The predicted octanol–water partition coefficient (Wildman–Crippen LogP) is 1.96. The molecule has 6 heteroatoms. The summed E-state index contributed by atoms with van der Waals surface area (Å²) in [6.07, 6.45) is 6.05. The molecular weight excluding hydrogens is 308 g/mol. The fourth-order valence-corrected chi connectivity index (χ4v) is 2.93. The zero-order chi connectivity index (χ0) is 17.8. The molecule has 2 N–H and O–H groups in total. The zero-order valence-electron chi connectivity index (χ0n) is 15.1. The van der Waals surface area contributed by atoms with Crippen LogP contribution in [0.25, 0.3) is 0 Å². The lowest BCUT2D eigenvalue weighted by Crippen LogP contribution is -2.38. The molecule has 1 aliphatic carbocycles. The number of rotatable bonds is 11. The highest BCUT2D eigenvalue weighted by atomic mass is 16.5. The van der Waals surface area contributed by atoms with Gasteiger partial charge in [-0.05, 0) is 45.4 Å². The van der Waals surface area contributed by atoms with Gasteiger partial charge in [-0.25, -0.2) is 0 Å². The minimum Gasteiger partial charge on any atom is -0.381 e. The van der Waals surface area contributed by atoms with Crippen LogP contribution in [0.3, 0.4) is 0 Å². The van der Waals surface area contributed by atoms with E-state index < -0.39 is 0 Å². The highest BCUT2D eigenvalue weighted by molar-refractivity contribution is 5.78. The fourth-order valence-electron chi connectivity index (χ4n) is 2.93. The molecule has 0 aromatic heterocycles. The maximum Gasteiger partial charge on any atom is 0.222 e. The van der Waals surface area contributed by atoms with Crippen LogP contribution in [0.15, 0.2) is 0 Å². The second-order valence-corrected chi connectivity index (χ2v) is 6.54. The summed E-state index contributed by atoms with van der Waals surface area (Å²) in [5.74, 6) is 0.534. The second-order valence-electron chi connectivity index (χ2n) is 6.54. The molecule has 24 heavy (non-hydrogen) atoms. The number of ketones is 1. The summed E-state index contributed by atoms with van der Waals surface area (Å²) in [5.41, 5.74) is 0. The van der Waals surface area contributed by atoms with E-state index >= 15 is 0 Å². The molecule has 1 fully saturated rings. The van der Waals surface area contributed by atoms with E-state index in [1.54, 1.807) is 6.92 Å². The summed E-state index contributed by atoms with van der Waals surface area (Å²) in [6.45, 7) is 5.18. The molecule has 2 amide bonds. The minimum atomic E-state index is 0.0116. The van der Waals surface area contributed by atoms with E-state index in [4.69, 9.17) is 4.74 Å². The van der Waals surface area contributed by atoms with Crippen LogP contribution >= 0.6 is 0 Å². The van der Waals surface area contributed by atoms with Crippen LogP contribution in [-0.4, -0.2) is 43.4 Å². The largest absolute Gasteiger partial charge is 0.381 e. The van der Waals surface area contributed by atoms with E-state index in [0.29, 0.717) is 32.6 Å². The first kappa shape index (κ1) is 20.6. The van der Waals surface area contributed by atoms with Crippen molar-refractivity contribution in [2.75, 3.05) is 19.8 Å². The SMILES string of the molecule is CCCC(=O)NCCCOCCC(=O)NC1CCC(C(C)=O)CC1. The van der Waals surface area contributed by atoms with Gasteiger partial charge in [0.05, 0.1) is 6.61 Å². The summed E-state index contributed by atoms with van der Waals surface area (Å²) in [5, 5.41) is 5.85. The number of Topliss-reactive ketones (excluding diaryl/α,β-unsaturated/α-hetero) is 1. The van der Waals surface area contributed by atoms with E-state index in [-0.39, 0.29) is 29.6 Å². The van der Waals surface area contributed by atoms with Crippen molar-refractivity contribution in [1.82, 2.24) is 10.6 Å². The molecule has 0 radical (unpaired) electrons. The number of hydrogen-bond donors (Lipinski definition) is 2. The van der Waals surface area contributed by atoms with E-state index in [2.05, 4.69) is 10.6 Å². The Morgan fingerprint density at radius 1 is 1.00 bits per heavy atom. The minimum absolute atomic E-state index is 0.0116. The summed E-state index contributed by atoms with van der Waals surface area (Å²) in [7, 11) is 0. The Labute approximate surface area is 145 Å². The highest BCUT2D eigenvalue weighted by Gasteiger charge is 2.24. The first-order chi connectivity index (χ1) is 11.5. The fraction of sp³-hybridized carbons (Fsp3) is 0.833. The van der Waals surface area contributed by atoms with Gasteiger partial charge in [-0.1, -0.05) is 6.92 Å². The van der Waals surface area contributed by atoms with Crippen molar-refractivity contribution in [3.05, 3.63) is 0 Å². The Bertz CT molecular complexity index is 404. The van der Waals surface area contributed by atoms with E-state index in [0.717, 1.165) is 38.5 Å². The maximum atomic E-state index is 11.9. The molecule has 1 aliphatic rings. The van der Waals surface area contributed by atoms with Crippen LogP contribution in [-0.2, 0) is 19.1 Å². The number of amides is 2. The summed E-state index contributed by atoms with van der Waals surface area (Å²) in [4.78, 5) is 34.4. The van der Waals surface area contributed by atoms with Crippen molar-refractivity contribution in [3.8, 4) is 0 Å². The Morgan fingerprint density at radius 2 is 1.71 bits per heavy atom. The van der Waals surface area contributed by atoms with Gasteiger partial charge in [0.15, 0.2) is 0 Å². The van der Waals surface area contributed by atoms with Gasteiger partial charge in [-0.2, -0.15) is 0 Å². The van der Waals surface area contributed by atoms with Crippen LogP contribution in [0.4, 0.5) is 0 Å². The van der Waals surface area contributed by atoms with Crippen molar-refractivity contribution in [1.29, 1.82) is 0 Å². The first-order valence-electron chi connectivity index (χ1n) is 9.17. The molecule has 0 bridgehead atoms. The van der Waals surface area contributed by atoms with Gasteiger partial charge in [0, 0.05) is 38.0 Å². The van der Waals surface area contributed by atoms with Crippen molar-refractivity contribution >= 4 is 17.6 Å². The Hall–Kier alpha value is -1.43. The zero-order valence-corrected chi connectivity index (χ0v) is 15.1. The Morgan fingerprint density at radius 3 is 2.33 bits per heavy atom. The smallest absolute Gasteiger partial charge is 0.222 e. The predicted molar refractivity (Wildman–Crippen MR) is 92.5 cm³/mol. The van der Waals surface area contributed by atoms with Crippen molar-refractivity contribution in [2.45, 2.75) is 71.3 Å². The van der Waals surface area contributed by atoms with Gasteiger partial charge < -0.3 is 15.4 Å². The Balaban J connectivity index is 1.97. The first-order valence-corrected chi connectivity index (χ1v) is 9.17. The molecule has 0 aromatic carbocycles. The van der Waals surface area contributed by atoms with Crippen molar-refractivity contribution in [3.63, 3.8) is 0 Å². The van der Waals surface area contributed by atoms with E-state index in [9.17, 15) is 14.4 Å². The maximum absolute atomic E-state index is 11.9. The van der Waals surface area contributed by atoms with Gasteiger partial charge in [-0.15, -0.1) is 0 Å². The molecule has 138 valence electrons. The molecule has 1 rings (SSSR count). The topological polar surface area (TPSA) is 84.5 Å².